The highest BCUT2D eigenvalue weighted by Gasteiger charge is 2.51. The minimum absolute atomic E-state index is 0.333. The van der Waals surface area contributed by atoms with Gasteiger partial charge in [-0.15, -0.1) is 0 Å². The molecule has 5 aromatic rings. The maximum absolute atomic E-state index is 2.44. The molecule has 0 saturated heterocycles. The Labute approximate surface area is 194 Å². The van der Waals surface area contributed by atoms with Gasteiger partial charge in [0.15, 0.2) is 0 Å². The van der Waals surface area contributed by atoms with Gasteiger partial charge in [0, 0.05) is 5.69 Å². The van der Waals surface area contributed by atoms with Gasteiger partial charge in [-0.3, -0.25) is 0 Å². The number of aryl methyl sites for hydroxylation is 1. The molecule has 156 valence electrons. The molecule has 7 rings (SSSR count). The summed E-state index contributed by atoms with van der Waals surface area (Å²) in [6.45, 7) is 2.16. The van der Waals surface area contributed by atoms with Crippen LogP contribution in [0.15, 0.2) is 121 Å². The quantitative estimate of drug-likeness (QED) is 0.258. The summed E-state index contributed by atoms with van der Waals surface area (Å²) < 4.78 is 0. The highest BCUT2D eigenvalue weighted by atomic mass is 15.2. The van der Waals surface area contributed by atoms with Crippen LogP contribution >= 0.6 is 0 Å². The second kappa shape index (κ2) is 6.70. The smallest absolute Gasteiger partial charge is 0.0754 e. The zero-order valence-electron chi connectivity index (χ0n) is 18.5. The first-order chi connectivity index (χ1) is 16.3. The van der Waals surface area contributed by atoms with Crippen molar-refractivity contribution in [3.05, 3.63) is 149 Å². The van der Waals surface area contributed by atoms with E-state index in [2.05, 4.69) is 133 Å². The molecule has 1 aliphatic heterocycles. The Morgan fingerprint density at radius 3 is 1.52 bits per heavy atom. The number of rotatable bonds is 1. The van der Waals surface area contributed by atoms with Crippen LogP contribution in [-0.4, -0.2) is 0 Å². The summed E-state index contributed by atoms with van der Waals surface area (Å²) in [7, 11) is 0. The molecule has 33 heavy (non-hydrogen) atoms. The third-order valence-corrected chi connectivity index (χ3v) is 7.31. The zero-order chi connectivity index (χ0) is 22.0. The first-order valence-electron chi connectivity index (χ1n) is 11.6. The van der Waals surface area contributed by atoms with E-state index in [1.54, 1.807) is 0 Å². The van der Waals surface area contributed by atoms with Crippen LogP contribution in [0.2, 0.25) is 0 Å². The Balaban J connectivity index is 1.66. The van der Waals surface area contributed by atoms with Crippen molar-refractivity contribution in [2.75, 3.05) is 4.90 Å². The summed E-state index contributed by atoms with van der Waals surface area (Å²) in [5.41, 5.74) is 12.7. The van der Waals surface area contributed by atoms with Gasteiger partial charge in [0.1, 0.15) is 0 Å². The summed E-state index contributed by atoms with van der Waals surface area (Å²) in [5.74, 6) is 0. The number of nitrogens with zero attached hydrogens (tertiary/aromatic N) is 1. The molecule has 0 N–H and O–H groups in total. The number of anilines is 3. The fourth-order valence-corrected chi connectivity index (χ4v) is 6.11. The Hall–Kier alpha value is -4.10. The fraction of sp³-hybridized carbons (Fsp3) is 0.0625. The lowest BCUT2D eigenvalue weighted by Crippen LogP contribution is -2.36. The number of fused-ring (bicyclic) bond motifs is 9. The van der Waals surface area contributed by atoms with Crippen LogP contribution < -0.4 is 4.90 Å². The van der Waals surface area contributed by atoms with Gasteiger partial charge in [0.2, 0.25) is 0 Å². The van der Waals surface area contributed by atoms with Crippen molar-refractivity contribution in [2.45, 2.75) is 12.3 Å². The molecule has 5 aromatic carbocycles. The molecule has 0 radical (unpaired) electrons. The van der Waals surface area contributed by atoms with E-state index in [9.17, 15) is 0 Å². The SMILES string of the molecule is Cc1cccc(N2c3ccccc3C3(c4ccccc4-c4ccccc43)c3ccccc32)c1. The standard InChI is InChI=1S/C32H23N/c1-22-11-10-12-23(21-22)33-30-19-8-6-17-28(30)32(29-18-7-9-20-31(29)33)26-15-4-2-13-24(26)25-14-3-5-16-27(25)32/h2-21H,1H3. The van der Waals surface area contributed by atoms with Crippen LogP contribution in [0.1, 0.15) is 27.8 Å². The molecule has 2 aliphatic rings. The molecule has 0 fully saturated rings. The molecular formula is C32H23N. The lowest BCUT2D eigenvalue weighted by Gasteiger charge is -2.45. The lowest BCUT2D eigenvalue weighted by molar-refractivity contribution is 0.752. The van der Waals surface area contributed by atoms with Crippen molar-refractivity contribution in [3.8, 4) is 11.1 Å². The molecule has 1 nitrogen and oxygen atoms in total. The van der Waals surface area contributed by atoms with Gasteiger partial charge >= 0.3 is 0 Å². The van der Waals surface area contributed by atoms with E-state index >= 15 is 0 Å². The van der Waals surface area contributed by atoms with Crippen LogP contribution in [0, 0.1) is 6.92 Å². The Bertz CT molecular complexity index is 1450. The Kier molecular flexibility index (Phi) is 3.75. The monoisotopic (exact) mass is 421 g/mol. The molecule has 0 aromatic heterocycles. The molecule has 1 heterocycles. The minimum Gasteiger partial charge on any atom is -0.310 e. The largest absolute Gasteiger partial charge is 0.310 e. The third kappa shape index (κ3) is 2.32. The molecule has 0 bridgehead atoms. The van der Waals surface area contributed by atoms with Crippen molar-refractivity contribution in [2.24, 2.45) is 0 Å². The Morgan fingerprint density at radius 1 is 0.485 bits per heavy atom. The van der Waals surface area contributed by atoms with Crippen molar-refractivity contribution in [1.82, 2.24) is 0 Å². The predicted octanol–water partition coefficient (Wildman–Crippen LogP) is 8.14. The summed E-state index contributed by atoms with van der Waals surface area (Å²) in [6, 6.07) is 44.6. The van der Waals surface area contributed by atoms with Gasteiger partial charge < -0.3 is 4.90 Å². The molecule has 1 aliphatic carbocycles. The van der Waals surface area contributed by atoms with Crippen LogP contribution in [0.3, 0.4) is 0 Å². The van der Waals surface area contributed by atoms with Crippen molar-refractivity contribution in [3.63, 3.8) is 0 Å². The summed E-state index contributed by atoms with van der Waals surface area (Å²) in [6.07, 6.45) is 0. The van der Waals surface area contributed by atoms with Gasteiger partial charge in [-0.25, -0.2) is 0 Å². The normalized spacial score (nSPS) is 14.4. The van der Waals surface area contributed by atoms with Gasteiger partial charge in [0.25, 0.3) is 0 Å². The highest BCUT2D eigenvalue weighted by Crippen LogP contribution is 2.63. The average molecular weight is 422 g/mol. The third-order valence-electron chi connectivity index (χ3n) is 7.31. The van der Waals surface area contributed by atoms with E-state index in [-0.39, 0.29) is 5.41 Å². The second-order valence-corrected chi connectivity index (χ2v) is 9.05. The van der Waals surface area contributed by atoms with Crippen molar-refractivity contribution < 1.29 is 0 Å². The molecule has 1 spiro atoms. The second-order valence-electron chi connectivity index (χ2n) is 9.05. The van der Waals surface area contributed by atoms with Gasteiger partial charge in [0.05, 0.1) is 16.8 Å². The average Bonchev–Trinajstić information content (AvgIpc) is 3.16. The Morgan fingerprint density at radius 2 is 0.970 bits per heavy atom. The van der Waals surface area contributed by atoms with Crippen LogP contribution in [0.5, 0.6) is 0 Å². The number of para-hydroxylation sites is 2. The summed E-state index contributed by atoms with van der Waals surface area (Å²) >= 11 is 0. The number of benzene rings is 5. The number of hydrogen-bond acceptors (Lipinski definition) is 1. The zero-order valence-corrected chi connectivity index (χ0v) is 18.5. The number of hydrogen-bond donors (Lipinski definition) is 0. The van der Waals surface area contributed by atoms with Crippen LogP contribution in [0.25, 0.3) is 11.1 Å². The van der Waals surface area contributed by atoms with E-state index in [1.165, 1.54) is 56.0 Å². The molecular weight excluding hydrogens is 398 g/mol. The molecule has 0 unspecified atom stereocenters. The first-order valence-corrected chi connectivity index (χ1v) is 11.6. The van der Waals surface area contributed by atoms with Gasteiger partial charge in [-0.1, -0.05) is 97.1 Å². The van der Waals surface area contributed by atoms with E-state index in [0.717, 1.165) is 0 Å². The molecule has 0 saturated carbocycles. The maximum Gasteiger partial charge on any atom is 0.0754 e. The van der Waals surface area contributed by atoms with E-state index in [4.69, 9.17) is 0 Å². The molecule has 0 amide bonds. The van der Waals surface area contributed by atoms with Crippen LogP contribution in [0.4, 0.5) is 17.1 Å². The van der Waals surface area contributed by atoms with Crippen molar-refractivity contribution in [1.29, 1.82) is 0 Å². The first kappa shape index (κ1) is 18.5. The van der Waals surface area contributed by atoms with Gasteiger partial charge in [-0.05, 0) is 70.1 Å². The highest BCUT2D eigenvalue weighted by molar-refractivity contribution is 5.95. The van der Waals surface area contributed by atoms with E-state index < -0.39 is 0 Å². The minimum atomic E-state index is -0.333. The molecule has 1 heteroatoms. The fourth-order valence-electron chi connectivity index (χ4n) is 6.11. The summed E-state index contributed by atoms with van der Waals surface area (Å²) in [4.78, 5) is 2.44. The topological polar surface area (TPSA) is 3.24 Å². The van der Waals surface area contributed by atoms with E-state index in [1.807, 2.05) is 0 Å². The maximum atomic E-state index is 2.44. The van der Waals surface area contributed by atoms with Crippen LogP contribution in [-0.2, 0) is 5.41 Å². The lowest BCUT2D eigenvalue weighted by atomic mass is 9.64. The summed E-state index contributed by atoms with van der Waals surface area (Å²) in [5, 5.41) is 0. The molecule has 0 atom stereocenters. The van der Waals surface area contributed by atoms with Gasteiger partial charge in [-0.2, -0.15) is 0 Å². The van der Waals surface area contributed by atoms with E-state index in [0.29, 0.717) is 0 Å². The van der Waals surface area contributed by atoms with Crippen molar-refractivity contribution >= 4 is 17.1 Å². The predicted molar refractivity (Wildman–Crippen MR) is 137 cm³/mol.